The number of rotatable bonds is 8. The van der Waals surface area contributed by atoms with Crippen molar-refractivity contribution in [2.75, 3.05) is 32.9 Å². The van der Waals surface area contributed by atoms with Gasteiger partial charge >= 0.3 is 0 Å². The molecular formula is C19H31N3O2. The Balaban J connectivity index is 2.00. The Morgan fingerprint density at radius 3 is 2.67 bits per heavy atom. The van der Waals surface area contributed by atoms with E-state index in [2.05, 4.69) is 48.7 Å². The lowest BCUT2D eigenvalue weighted by atomic mass is 9.84. The molecule has 1 aromatic carbocycles. The molecule has 1 saturated heterocycles. The standard InChI is InChI=1S/C19H31N3O2/c1-3-16-7-5-6-8-17(16)13-21-18(20-4-2)22-14-19(9-11-23)10-12-24-15-19/h5-8,23H,3-4,9-15H2,1-2H3,(H2,20,21,22). The quantitative estimate of drug-likeness (QED) is 0.503. The van der Waals surface area contributed by atoms with Crippen molar-refractivity contribution in [3.8, 4) is 0 Å². The number of aliphatic hydroxyl groups excluding tert-OH is 1. The Labute approximate surface area is 145 Å². The van der Waals surface area contributed by atoms with Crippen molar-refractivity contribution >= 4 is 5.96 Å². The van der Waals surface area contributed by atoms with E-state index in [0.29, 0.717) is 13.2 Å². The molecule has 1 unspecified atom stereocenters. The van der Waals surface area contributed by atoms with E-state index < -0.39 is 0 Å². The fourth-order valence-electron chi connectivity index (χ4n) is 3.15. The fraction of sp³-hybridized carbons (Fsp3) is 0.632. The summed E-state index contributed by atoms with van der Waals surface area (Å²) in [7, 11) is 0. The van der Waals surface area contributed by atoms with Crippen LogP contribution in [0.3, 0.4) is 0 Å². The van der Waals surface area contributed by atoms with Crippen LogP contribution >= 0.6 is 0 Å². The maximum atomic E-state index is 9.34. The van der Waals surface area contributed by atoms with E-state index in [4.69, 9.17) is 9.73 Å². The van der Waals surface area contributed by atoms with Crippen molar-refractivity contribution in [2.45, 2.75) is 39.7 Å². The number of aryl methyl sites for hydroxylation is 1. The minimum Gasteiger partial charge on any atom is -0.396 e. The van der Waals surface area contributed by atoms with E-state index >= 15 is 0 Å². The molecule has 3 N–H and O–H groups in total. The van der Waals surface area contributed by atoms with E-state index in [1.165, 1.54) is 11.1 Å². The lowest BCUT2D eigenvalue weighted by Gasteiger charge is -2.27. The third kappa shape index (κ3) is 5.21. The zero-order chi connectivity index (χ0) is 17.3. The highest BCUT2D eigenvalue weighted by molar-refractivity contribution is 5.79. The van der Waals surface area contributed by atoms with E-state index in [1.54, 1.807) is 0 Å². The van der Waals surface area contributed by atoms with Gasteiger partial charge in [0.05, 0.1) is 13.2 Å². The average Bonchev–Trinajstić information content (AvgIpc) is 3.07. The highest BCUT2D eigenvalue weighted by Gasteiger charge is 2.34. The van der Waals surface area contributed by atoms with E-state index in [1.807, 2.05) is 0 Å². The summed E-state index contributed by atoms with van der Waals surface area (Å²) in [6, 6.07) is 8.45. The third-order valence-corrected chi connectivity index (χ3v) is 4.71. The number of hydrogen-bond acceptors (Lipinski definition) is 3. The zero-order valence-electron chi connectivity index (χ0n) is 15.0. The van der Waals surface area contributed by atoms with E-state index in [9.17, 15) is 5.11 Å². The SMILES string of the molecule is CCNC(=NCc1ccccc1CC)NCC1(CCO)CCOC1. The summed E-state index contributed by atoms with van der Waals surface area (Å²) >= 11 is 0. The summed E-state index contributed by atoms with van der Waals surface area (Å²) in [5.41, 5.74) is 2.64. The molecule has 1 aliphatic rings. The van der Waals surface area contributed by atoms with Gasteiger partial charge in [0.2, 0.25) is 0 Å². The zero-order valence-corrected chi connectivity index (χ0v) is 15.0. The molecule has 24 heavy (non-hydrogen) atoms. The normalized spacial score (nSPS) is 21.0. The Hall–Kier alpha value is -1.59. The van der Waals surface area contributed by atoms with Gasteiger partial charge in [0.1, 0.15) is 0 Å². The number of nitrogens with zero attached hydrogens (tertiary/aromatic N) is 1. The van der Waals surface area contributed by atoms with Crippen molar-refractivity contribution in [3.05, 3.63) is 35.4 Å². The molecule has 0 spiro atoms. The molecule has 1 aliphatic heterocycles. The van der Waals surface area contributed by atoms with Gasteiger partial charge < -0.3 is 20.5 Å². The van der Waals surface area contributed by atoms with Crippen molar-refractivity contribution in [1.82, 2.24) is 10.6 Å². The summed E-state index contributed by atoms with van der Waals surface area (Å²) < 4.78 is 5.55. The fourth-order valence-corrected chi connectivity index (χ4v) is 3.15. The number of guanidine groups is 1. The minimum absolute atomic E-state index is 0.0201. The van der Waals surface area contributed by atoms with Crippen LogP contribution in [-0.2, 0) is 17.7 Å². The highest BCUT2D eigenvalue weighted by Crippen LogP contribution is 2.31. The van der Waals surface area contributed by atoms with Crippen molar-refractivity contribution in [1.29, 1.82) is 0 Å². The predicted octanol–water partition coefficient (Wildman–Crippen LogP) is 2.09. The lowest BCUT2D eigenvalue weighted by Crippen LogP contribution is -2.44. The molecule has 0 amide bonds. The highest BCUT2D eigenvalue weighted by atomic mass is 16.5. The molecule has 2 rings (SSSR count). The van der Waals surface area contributed by atoms with Crippen molar-refractivity contribution in [2.24, 2.45) is 10.4 Å². The minimum atomic E-state index is 0.0201. The van der Waals surface area contributed by atoms with E-state index in [-0.39, 0.29) is 12.0 Å². The van der Waals surface area contributed by atoms with Gasteiger partial charge in [-0.15, -0.1) is 0 Å². The summed E-state index contributed by atoms with van der Waals surface area (Å²) in [6.45, 7) is 8.19. The number of aliphatic imine (C=N–C) groups is 1. The molecular weight excluding hydrogens is 302 g/mol. The molecule has 0 aromatic heterocycles. The molecule has 0 bridgehead atoms. The first kappa shape index (κ1) is 18.7. The second-order valence-corrected chi connectivity index (χ2v) is 6.45. The van der Waals surface area contributed by atoms with Crippen LogP contribution in [0, 0.1) is 5.41 Å². The van der Waals surface area contributed by atoms with Crippen LogP contribution in [0.2, 0.25) is 0 Å². The topological polar surface area (TPSA) is 65.9 Å². The molecule has 5 nitrogen and oxygen atoms in total. The van der Waals surface area contributed by atoms with Crippen LogP contribution in [0.25, 0.3) is 0 Å². The second kappa shape index (κ2) is 9.64. The van der Waals surface area contributed by atoms with Gasteiger partial charge in [-0.25, -0.2) is 4.99 Å². The van der Waals surface area contributed by atoms with Gasteiger partial charge in [0, 0.05) is 31.7 Å². The van der Waals surface area contributed by atoms with Crippen LogP contribution in [0.1, 0.15) is 37.8 Å². The van der Waals surface area contributed by atoms with Gasteiger partial charge in [-0.3, -0.25) is 0 Å². The molecule has 1 atom stereocenters. The molecule has 5 heteroatoms. The number of aliphatic hydroxyl groups is 1. The Bertz CT molecular complexity index is 525. The first-order chi connectivity index (χ1) is 11.7. The average molecular weight is 333 g/mol. The van der Waals surface area contributed by atoms with Gasteiger partial charge in [-0.05, 0) is 37.3 Å². The summed E-state index contributed by atoms with van der Waals surface area (Å²) in [5, 5.41) is 16.1. The van der Waals surface area contributed by atoms with Gasteiger partial charge in [-0.2, -0.15) is 0 Å². The molecule has 1 aromatic rings. The lowest BCUT2D eigenvalue weighted by molar-refractivity contribution is 0.127. The van der Waals surface area contributed by atoms with Crippen LogP contribution in [-0.4, -0.2) is 44.0 Å². The van der Waals surface area contributed by atoms with Gasteiger partial charge in [0.25, 0.3) is 0 Å². The predicted molar refractivity (Wildman–Crippen MR) is 98.2 cm³/mol. The first-order valence-electron chi connectivity index (χ1n) is 9.00. The second-order valence-electron chi connectivity index (χ2n) is 6.45. The summed E-state index contributed by atoms with van der Waals surface area (Å²) in [5.74, 6) is 0.827. The number of hydrogen-bond donors (Lipinski definition) is 3. The number of benzene rings is 1. The first-order valence-corrected chi connectivity index (χ1v) is 9.00. The Morgan fingerprint density at radius 1 is 1.25 bits per heavy atom. The molecule has 0 saturated carbocycles. The number of nitrogens with one attached hydrogen (secondary N) is 2. The Morgan fingerprint density at radius 2 is 2.04 bits per heavy atom. The van der Waals surface area contributed by atoms with Crippen LogP contribution in [0.5, 0.6) is 0 Å². The van der Waals surface area contributed by atoms with Crippen LogP contribution in [0.4, 0.5) is 0 Å². The smallest absolute Gasteiger partial charge is 0.191 e. The largest absolute Gasteiger partial charge is 0.396 e. The van der Waals surface area contributed by atoms with Crippen molar-refractivity contribution in [3.63, 3.8) is 0 Å². The van der Waals surface area contributed by atoms with Crippen LogP contribution in [0.15, 0.2) is 29.3 Å². The van der Waals surface area contributed by atoms with E-state index in [0.717, 1.165) is 44.9 Å². The van der Waals surface area contributed by atoms with Crippen LogP contribution < -0.4 is 10.6 Å². The molecule has 134 valence electrons. The third-order valence-electron chi connectivity index (χ3n) is 4.71. The van der Waals surface area contributed by atoms with Gasteiger partial charge in [-0.1, -0.05) is 31.2 Å². The maximum Gasteiger partial charge on any atom is 0.191 e. The number of ether oxygens (including phenoxy) is 1. The Kier molecular flexibility index (Phi) is 7.53. The maximum absolute atomic E-state index is 9.34. The molecule has 1 fully saturated rings. The molecule has 0 radical (unpaired) electrons. The van der Waals surface area contributed by atoms with Crippen molar-refractivity contribution < 1.29 is 9.84 Å². The molecule has 1 heterocycles. The summed E-state index contributed by atoms with van der Waals surface area (Å²) in [6.07, 6.45) is 2.77. The van der Waals surface area contributed by atoms with Gasteiger partial charge in [0.15, 0.2) is 5.96 Å². The molecule has 0 aliphatic carbocycles. The summed E-state index contributed by atoms with van der Waals surface area (Å²) in [4.78, 5) is 4.74. The monoisotopic (exact) mass is 333 g/mol.